The molecule has 3 heterocycles. The van der Waals surface area contributed by atoms with Gasteiger partial charge in [-0.3, -0.25) is 14.5 Å². The molecule has 0 spiro atoms. The Morgan fingerprint density at radius 3 is 2.60 bits per heavy atom. The molecular weight excluding hydrogens is 526 g/mol. The molecule has 1 saturated heterocycles. The van der Waals surface area contributed by atoms with Gasteiger partial charge >= 0.3 is 0 Å². The van der Waals surface area contributed by atoms with Gasteiger partial charge in [-0.05, 0) is 72.8 Å². The Labute approximate surface area is 239 Å². The fourth-order valence-electron chi connectivity index (χ4n) is 5.37. The standard InChI is InChI=1S/C31H32ClN5O3/c1-35-12-14-37(15-13-35)19-28(38)36(2)24-7-5-23(6-8-24)33-30(21-3-10-27-20(17-21)11-16-40-27)29-25-9-4-22(32)18-26(25)34-31(29)39/h3-10,17-18,33H,11-16,19H2,1-2H3,(H,34,39). The van der Waals surface area contributed by atoms with Crippen molar-refractivity contribution in [3.8, 4) is 5.75 Å². The average Bonchev–Trinajstić information content (AvgIpc) is 3.55. The Balaban J connectivity index is 1.28. The topological polar surface area (TPSA) is 77.2 Å². The Bertz CT molecular complexity index is 1500. The van der Waals surface area contributed by atoms with Crippen molar-refractivity contribution in [2.24, 2.45) is 0 Å². The summed E-state index contributed by atoms with van der Waals surface area (Å²) in [6.07, 6.45) is 0.827. The number of rotatable bonds is 6. The van der Waals surface area contributed by atoms with Gasteiger partial charge in [0, 0.05) is 61.6 Å². The van der Waals surface area contributed by atoms with Gasteiger partial charge in [0.05, 0.1) is 30.1 Å². The molecule has 8 nitrogen and oxygen atoms in total. The van der Waals surface area contributed by atoms with E-state index in [2.05, 4.69) is 33.5 Å². The third kappa shape index (κ3) is 5.30. The molecule has 0 unspecified atom stereocenters. The molecule has 3 aromatic rings. The van der Waals surface area contributed by atoms with Crippen molar-refractivity contribution in [2.45, 2.75) is 6.42 Å². The lowest BCUT2D eigenvalue weighted by molar-refractivity contribution is -0.119. The van der Waals surface area contributed by atoms with Crippen molar-refractivity contribution >= 4 is 51.7 Å². The zero-order valence-electron chi connectivity index (χ0n) is 22.7. The van der Waals surface area contributed by atoms with Crippen LogP contribution in [-0.2, 0) is 16.0 Å². The minimum Gasteiger partial charge on any atom is -0.493 e. The third-order valence-electron chi connectivity index (χ3n) is 7.81. The van der Waals surface area contributed by atoms with E-state index in [0.717, 1.165) is 66.4 Å². The van der Waals surface area contributed by atoms with Crippen LogP contribution in [0.15, 0.2) is 60.7 Å². The Hall–Kier alpha value is -3.85. The van der Waals surface area contributed by atoms with Gasteiger partial charge in [0.25, 0.3) is 5.91 Å². The summed E-state index contributed by atoms with van der Waals surface area (Å²) in [5.41, 5.74) is 6.34. The lowest BCUT2D eigenvalue weighted by atomic mass is 9.98. The number of anilines is 3. The minimum atomic E-state index is -0.192. The third-order valence-corrected chi connectivity index (χ3v) is 8.04. The minimum absolute atomic E-state index is 0.0614. The number of nitrogens with zero attached hydrogens (tertiary/aromatic N) is 3. The number of hydrogen-bond donors (Lipinski definition) is 2. The number of ether oxygens (including phenoxy) is 1. The first-order chi connectivity index (χ1) is 19.4. The van der Waals surface area contributed by atoms with E-state index in [-0.39, 0.29) is 11.8 Å². The fraction of sp³-hybridized carbons (Fsp3) is 0.290. The molecule has 3 aromatic carbocycles. The largest absolute Gasteiger partial charge is 0.493 e. The number of likely N-dealkylation sites (N-methyl/N-ethyl adjacent to an activating group) is 2. The molecule has 2 amide bonds. The number of nitrogens with one attached hydrogen (secondary N) is 2. The highest BCUT2D eigenvalue weighted by molar-refractivity contribution is 6.38. The van der Waals surface area contributed by atoms with Crippen LogP contribution in [0.1, 0.15) is 16.7 Å². The van der Waals surface area contributed by atoms with Gasteiger partial charge in [-0.25, -0.2) is 0 Å². The monoisotopic (exact) mass is 557 g/mol. The van der Waals surface area contributed by atoms with E-state index in [1.807, 2.05) is 49.5 Å². The molecule has 3 aliphatic rings. The normalized spacial score (nSPS) is 18.0. The van der Waals surface area contributed by atoms with Crippen LogP contribution < -0.4 is 20.3 Å². The van der Waals surface area contributed by atoms with Crippen molar-refractivity contribution in [1.82, 2.24) is 9.80 Å². The smallest absolute Gasteiger partial charge is 0.258 e. The number of carbonyl (C=O) groups is 2. The second kappa shape index (κ2) is 11.0. The van der Waals surface area contributed by atoms with Crippen LogP contribution in [0.4, 0.5) is 17.1 Å². The summed E-state index contributed by atoms with van der Waals surface area (Å²) in [5.74, 6) is 0.749. The van der Waals surface area contributed by atoms with Crippen LogP contribution in [0.5, 0.6) is 5.75 Å². The summed E-state index contributed by atoms with van der Waals surface area (Å²) < 4.78 is 5.71. The lowest BCUT2D eigenvalue weighted by Crippen LogP contribution is -2.48. The summed E-state index contributed by atoms with van der Waals surface area (Å²) in [4.78, 5) is 32.4. The van der Waals surface area contributed by atoms with Crippen LogP contribution in [-0.4, -0.2) is 75.0 Å². The first-order valence-electron chi connectivity index (χ1n) is 13.5. The van der Waals surface area contributed by atoms with Crippen molar-refractivity contribution in [1.29, 1.82) is 0 Å². The molecule has 1 fully saturated rings. The van der Waals surface area contributed by atoms with Gasteiger partial charge in [0.15, 0.2) is 0 Å². The van der Waals surface area contributed by atoms with E-state index in [1.54, 1.807) is 17.0 Å². The van der Waals surface area contributed by atoms with Gasteiger partial charge in [-0.2, -0.15) is 0 Å². The van der Waals surface area contributed by atoms with Gasteiger partial charge in [-0.15, -0.1) is 0 Å². The molecule has 2 N–H and O–H groups in total. The van der Waals surface area contributed by atoms with Gasteiger partial charge < -0.3 is 25.2 Å². The van der Waals surface area contributed by atoms with Crippen LogP contribution in [0.2, 0.25) is 5.02 Å². The maximum absolute atomic E-state index is 13.3. The Kier molecular flexibility index (Phi) is 7.23. The summed E-state index contributed by atoms with van der Waals surface area (Å²) in [6.45, 7) is 4.80. The Morgan fingerprint density at radius 1 is 1.05 bits per heavy atom. The highest BCUT2D eigenvalue weighted by atomic mass is 35.5. The number of hydrogen-bond acceptors (Lipinski definition) is 6. The first kappa shape index (κ1) is 26.4. The highest BCUT2D eigenvalue weighted by Crippen LogP contribution is 2.40. The molecule has 9 heteroatoms. The first-order valence-corrected chi connectivity index (χ1v) is 13.9. The molecule has 40 heavy (non-hydrogen) atoms. The summed E-state index contributed by atoms with van der Waals surface area (Å²) in [5, 5.41) is 7.02. The molecule has 206 valence electrons. The number of fused-ring (bicyclic) bond motifs is 2. The maximum Gasteiger partial charge on any atom is 0.258 e. The molecule has 3 aliphatic heterocycles. The van der Waals surface area contributed by atoms with Crippen molar-refractivity contribution < 1.29 is 14.3 Å². The lowest BCUT2D eigenvalue weighted by Gasteiger charge is -2.32. The molecule has 0 aliphatic carbocycles. The number of piperazine rings is 1. The fourth-order valence-corrected chi connectivity index (χ4v) is 5.55. The van der Waals surface area contributed by atoms with Gasteiger partial charge in [0.1, 0.15) is 5.75 Å². The highest BCUT2D eigenvalue weighted by Gasteiger charge is 2.29. The molecule has 0 atom stereocenters. The van der Waals surface area contributed by atoms with Crippen molar-refractivity contribution in [3.63, 3.8) is 0 Å². The zero-order valence-corrected chi connectivity index (χ0v) is 23.4. The Morgan fingerprint density at radius 2 is 1.82 bits per heavy atom. The molecule has 0 saturated carbocycles. The van der Waals surface area contributed by atoms with Gasteiger partial charge in [0.2, 0.25) is 5.91 Å². The molecular formula is C31H32ClN5O3. The maximum atomic E-state index is 13.3. The van der Waals surface area contributed by atoms with Crippen LogP contribution in [0.25, 0.3) is 11.3 Å². The number of carbonyl (C=O) groups excluding carboxylic acids is 2. The predicted molar refractivity (Wildman–Crippen MR) is 160 cm³/mol. The molecule has 6 rings (SSSR count). The van der Waals surface area contributed by atoms with E-state index in [1.165, 1.54) is 0 Å². The zero-order chi connectivity index (χ0) is 27.8. The van der Waals surface area contributed by atoms with Crippen molar-refractivity contribution in [3.05, 3.63) is 82.4 Å². The van der Waals surface area contributed by atoms with Crippen molar-refractivity contribution in [2.75, 3.05) is 69.0 Å². The average molecular weight is 558 g/mol. The summed E-state index contributed by atoms with van der Waals surface area (Å²) in [7, 11) is 3.92. The quantitative estimate of drug-likeness (QED) is 0.437. The van der Waals surface area contributed by atoms with Crippen LogP contribution in [0, 0.1) is 0 Å². The number of amides is 2. The van der Waals surface area contributed by atoms with E-state index >= 15 is 0 Å². The second-order valence-electron chi connectivity index (χ2n) is 10.5. The predicted octanol–water partition coefficient (Wildman–Crippen LogP) is 4.42. The summed E-state index contributed by atoms with van der Waals surface area (Å²) in [6, 6.07) is 19.1. The summed E-state index contributed by atoms with van der Waals surface area (Å²) >= 11 is 6.20. The van der Waals surface area contributed by atoms with E-state index < -0.39 is 0 Å². The number of halogens is 1. The van der Waals surface area contributed by atoms with E-state index in [9.17, 15) is 9.59 Å². The number of benzene rings is 3. The molecule has 0 aromatic heterocycles. The molecule has 0 bridgehead atoms. The SMILES string of the molecule is CN1CCN(CC(=O)N(C)c2ccc(NC(=C3C(=O)Nc4cc(Cl)ccc43)c3ccc4c(c3)CCO4)cc2)CC1. The van der Waals surface area contributed by atoms with Gasteiger partial charge in [-0.1, -0.05) is 17.7 Å². The van der Waals surface area contributed by atoms with E-state index in [0.29, 0.717) is 35.1 Å². The van der Waals surface area contributed by atoms with E-state index in [4.69, 9.17) is 16.3 Å². The second-order valence-corrected chi connectivity index (χ2v) is 11.0. The van der Waals surface area contributed by atoms with Crippen LogP contribution >= 0.6 is 11.6 Å². The molecule has 0 radical (unpaired) electrons. The van der Waals surface area contributed by atoms with Crippen LogP contribution in [0.3, 0.4) is 0 Å².